The molecule has 0 radical (unpaired) electrons. The van der Waals surface area contributed by atoms with Crippen molar-refractivity contribution in [1.29, 1.82) is 0 Å². The van der Waals surface area contributed by atoms with Crippen molar-refractivity contribution in [2.24, 2.45) is 17.3 Å². The molecule has 1 aromatic rings. The van der Waals surface area contributed by atoms with Crippen LogP contribution >= 0.6 is 0 Å². The van der Waals surface area contributed by atoms with E-state index in [2.05, 4.69) is 13.0 Å². The van der Waals surface area contributed by atoms with E-state index in [0.29, 0.717) is 25.7 Å². The predicted molar refractivity (Wildman–Crippen MR) is 184 cm³/mol. The summed E-state index contributed by atoms with van der Waals surface area (Å²) in [6, 6.07) is 1.93. The number of allylic oxidation sites excluding steroid dienone is 1. The van der Waals surface area contributed by atoms with Gasteiger partial charge in [0.1, 0.15) is 29.9 Å². The minimum atomic E-state index is -0.936. The Bertz CT molecular complexity index is 1410. The highest BCUT2D eigenvalue weighted by Crippen LogP contribution is 2.58. The first-order valence-corrected chi connectivity index (χ1v) is 19.2. The van der Waals surface area contributed by atoms with Crippen molar-refractivity contribution >= 4 is 5.78 Å². The van der Waals surface area contributed by atoms with E-state index < -0.39 is 86.0 Å². The molecule has 3 aliphatic carbocycles. The van der Waals surface area contributed by atoms with Gasteiger partial charge >= 0.3 is 0 Å². The van der Waals surface area contributed by atoms with Gasteiger partial charge in [0.2, 0.25) is 0 Å². The molecule has 13 nitrogen and oxygen atoms in total. The fraction of sp³-hybridized carbons (Fsp3) is 0.821. The van der Waals surface area contributed by atoms with E-state index >= 15 is 0 Å². The van der Waals surface area contributed by atoms with Gasteiger partial charge in [0.25, 0.3) is 0 Å². The highest BCUT2D eigenvalue weighted by atomic mass is 16.7. The van der Waals surface area contributed by atoms with Crippen LogP contribution in [0.15, 0.2) is 28.4 Å². The molecular weight excluding hydrogens is 676 g/mol. The molecule has 18 atom stereocenters. The molecule has 52 heavy (non-hydrogen) atoms. The minimum absolute atomic E-state index is 0.0786. The molecule has 3 saturated heterocycles. The smallest absolute Gasteiger partial charge is 0.161 e. The van der Waals surface area contributed by atoms with E-state index in [4.69, 9.17) is 37.6 Å². The Morgan fingerprint density at radius 1 is 0.808 bits per heavy atom. The Hall–Kier alpha value is -1.75. The number of Topliss-reactive ketones (excluding diaryl/α,β-unsaturated/α-hetero) is 1. The Balaban J connectivity index is 0.915. The third-order valence-corrected chi connectivity index (χ3v) is 13.1. The van der Waals surface area contributed by atoms with Crippen molar-refractivity contribution in [3.05, 3.63) is 35.3 Å². The lowest BCUT2D eigenvalue weighted by Crippen LogP contribution is -2.57. The van der Waals surface area contributed by atoms with Crippen molar-refractivity contribution in [2.75, 3.05) is 7.11 Å². The number of ketones is 1. The zero-order valence-electron chi connectivity index (χ0n) is 31.2. The van der Waals surface area contributed by atoms with Crippen molar-refractivity contribution in [3.63, 3.8) is 0 Å². The second-order valence-electron chi connectivity index (χ2n) is 16.3. The van der Waals surface area contributed by atoms with Gasteiger partial charge in [-0.05, 0) is 77.2 Å². The van der Waals surface area contributed by atoms with Crippen LogP contribution in [0.3, 0.4) is 0 Å². The monoisotopic (exact) mass is 734 g/mol. The van der Waals surface area contributed by atoms with Gasteiger partial charge in [-0.3, -0.25) is 4.79 Å². The third-order valence-electron chi connectivity index (χ3n) is 13.1. The molecule has 0 aromatic carbocycles. The van der Waals surface area contributed by atoms with Crippen LogP contribution in [-0.4, -0.2) is 119 Å². The van der Waals surface area contributed by atoms with Crippen molar-refractivity contribution in [3.8, 4) is 0 Å². The molecule has 0 amide bonds. The molecular formula is C39H58O13. The van der Waals surface area contributed by atoms with Crippen molar-refractivity contribution in [2.45, 2.75) is 178 Å². The summed E-state index contributed by atoms with van der Waals surface area (Å²) in [4.78, 5) is 13.8. The van der Waals surface area contributed by atoms with Crippen molar-refractivity contribution < 1.29 is 62.8 Å². The van der Waals surface area contributed by atoms with E-state index in [9.17, 15) is 25.2 Å². The predicted octanol–water partition coefficient (Wildman–Crippen LogP) is 3.42. The van der Waals surface area contributed by atoms with Gasteiger partial charge < -0.3 is 58.0 Å². The number of ether oxygens (including phenoxy) is 7. The van der Waals surface area contributed by atoms with Gasteiger partial charge in [-0.25, -0.2) is 0 Å². The van der Waals surface area contributed by atoms with Crippen LogP contribution in [0, 0.1) is 24.2 Å². The molecule has 0 spiro atoms. The van der Waals surface area contributed by atoms with Crippen LogP contribution in [0.4, 0.5) is 0 Å². The first kappa shape index (κ1) is 38.5. The first-order valence-electron chi connectivity index (χ1n) is 19.2. The molecule has 2 saturated carbocycles. The first-order chi connectivity index (χ1) is 24.8. The maximum absolute atomic E-state index is 13.8. The fourth-order valence-corrected chi connectivity index (χ4v) is 10.1. The van der Waals surface area contributed by atoms with Gasteiger partial charge in [-0.2, -0.15) is 0 Å². The third kappa shape index (κ3) is 7.33. The number of rotatable bonds is 8. The molecule has 13 heteroatoms. The number of aliphatic hydroxyl groups is 4. The molecule has 7 rings (SSSR count). The average Bonchev–Trinajstić information content (AvgIpc) is 3.52. The summed E-state index contributed by atoms with van der Waals surface area (Å²) in [5.74, 6) is 1.04. The zero-order chi connectivity index (χ0) is 37.1. The van der Waals surface area contributed by atoms with Gasteiger partial charge in [0.05, 0.1) is 55.1 Å². The lowest BCUT2D eigenvalue weighted by atomic mass is 9.51. The van der Waals surface area contributed by atoms with E-state index in [-0.39, 0.29) is 41.8 Å². The normalized spacial score (nSPS) is 48.5. The number of furan rings is 1. The highest BCUT2D eigenvalue weighted by Gasteiger charge is 2.55. The molecule has 5 fully saturated rings. The fourth-order valence-electron chi connectivity index (χ4n) is 10.1. The number of hydrogen-bond donors (Lipinski definition) is 4. The summed E-state index contributed by atoms with van der Waals surface area (Å²) in [6.45, 7) is 9.45. The SMILES string of the molecule is CO[C@@H]1C[C@H](O[C@H]2[C@@H](O)C[C@H](O[C@H]3[C@@H](O)C[C@H](O[C@@H]4CC5=CC[C@H]6C(=O)[C@@H](c7ccoc7C)CC[C@@H]6[C@@]5(C)C[C@H]4O)O[C@@H]3C)O[C@@H]2C)O[C@@H](C)[C@@H]1O. The Kier molecular flexibility index (Phi) is 11.4. The summed E-state index contributed by atoms with van der Waals surface area (Å²) in [7, 11) is 1.53. The van der Waals surface area contributed by atoms with Gasteiger partial charge in [-0.15, -0.1) is 0 Å². The summed E-state index contributed by atoms with van der Waals surface area (Å²) in [5, 5.41) is 44.0. The van der Waals surface area contributed by atoms with E-state index in [1.165, 1.54) is 12.7 Å². The van der Waals surface area contributed by atoms with E-state index in [1.54, 1.807) is 27.0 Å². The highest BCUT2D eigenvalue weighted by molar-refractivity contribution is 5.89. The van der Waals surface area contributed by atoms with Gasteiger partial charge in [-0.1, -0.05) is 18.6 Å². The zero-order valence-corrected chi connectivity index (χ0v) is 31.2. The van der Waals surface area contributed by atoms with Crippen molar-refractivity contribution in [1.82, 2.24) is 0 Å². The number of carbonyl (C=O) groups is 1. The topological polar surface area (TPSA) is 176 Å². The molecule has 0 unspecified atom stereocenters. The number of aliphatic hydroxyl groups excluding tert-OH is 4. The second kappa shape index (κ2) is 15.4. The van der Waals surface area contributed by atoms with Crippen LogP contribution in [0.1, 0.15) is 96.3 Å². The second-order valence-corrected chi connectivity index (χ2v) is 16.3. The number of hydrogen-bond acceptors (Lipinski definition) is 13. The average molecular weight is 735 g/mol. The summed E-state index contributed by atoms with van der Waals surface area (Å²) in [5.41, 5.74) is 1.93. The Morgan fingerprint density at radius 3 is 2.02 bits per heavy atom. The van der Waals surface area contributed by atoms with Crippen LogP contribution in [0.25, 0.3) is 0 Å². The number of carbonyl (C=O) groups excluding carboxylic acids is 1. The van der Waals surface area contributed by atoms with Crippen LogP contribution in [0.2, 0.25) is 0 Å². The largest absolute Gasteiger partial charge is 0.469 e. The Morgan fingerprint density at radius 2 is 1.42 bits per heavy atom. The minimum Gasteiger partial charge on any atom is -0.469 e. The quantitative estimate of drug-likeness (QED) is 0.286. The van der Waals surface area contributed by atoms with Crippen LogP contribution in [-0.2, 0) is 38.0 Å². The van der Waals surface area contributed by atoms with Gasteiger partial charge in [0.15, 0.2) is 18.9 Å². The molecule has 0 bridgehead atoms. The Labute approximate surface area is 305 Å². The molecule has 4 N–H and O–H groups in total. The maximum atomic E-state index is 13.8. The van der Waals surface area contributed by atoms with E-state index in [0.717, 1.165) is 24.2 Å². The maximum Gasteiger partial charge on any atom is 0.161 e. The lowest BCUT2D eigenvalue weighted by Gasteiger charge is -2.54. The lowest BCUT2D eigenvalue weighted by molar-refractivity contribution is -0.337. The van der Waals surface area contributed by atoms with Gasteiger partial charge in [0, 0.05) is 43.8 Å². The van der Waals surface area contributed by atoms with Crippen LogP contribution in [0.5, 0.6) is 0 Å². The van der Waals surface area contributed by atoms with Crippen LogP contribution < -0.4 is 0 Å². The molecule has 1 aromatic heterocycles. The number of aryl methyl sites for hydroxylation is 1. The summed E-state index contributed by atoms with van der Waals surface area (Å²) >= 11 is 0. The number of fused-ring (bicyclic) bond motifs is 3. The summed E-state index contributed by atoms with van der Waals surface area (Å²) in [6.07, 6.45) is -1.76. The summed E-state index contributed by atoms with van der Waals surface area (Å²) < 4.78 is 47.7. The van der Waals surface area contributed by atoms with E-state index in [1.807, 2.05) is 13.0 Å². The molecule has 6 aliphatic rings. The number of methoxy groups -OCH3 is 1. The molecule has 4 heterocycles. The standard InChI is InChI=1S/C39H58O13/c1-18-23(11-12-46-18)24-9-10-26-25(36(24)44)8-7-22-13-30(29(42)17-39(22,26)5)50-32-14-27(40)37(20(3)48-32)51-33-15-28(41)38(21(4)49-33)52-34-16-31(45-6)35(43)19(2)47-34/h7,11-12,19-21,24-35,37-38,40-43H,8-10,13-17H2,1-6H3/t19-,20+,21+,24+,25+,26-,27-,28-,29+,30+,31+,32-,33-,34-,35-,37+,38+,39-/m0/s1. The molecule has 3 aliphatic heterocycles. The molecule has 292 valence electrons.